The van der Waals surface area contributed by atoms with Gasteiger partial charge in [-0.25, -0.2) is 0 Å². The topological polar surface area (TPSA) is 62.0 Å². The maximum Gasteiger partial charge on any atom is 0.0755 e. The van der Waals surface area contributed by atoms with Gasteiger partial charge >= 0.3 is 0 Å². The van der Waals surface area contributed by atoms with E-state index >= 15 is 0 Å². The van der Waals surface area contributed by atoms with Crippen LogP contribution in [0.15, 0.2) is 30.5 Å². The van der Waals surface area contributed by atoms with Crippen molar-refractivity contribution >= 4 is 23.3 Å². The summed E-state index contributed by atoms with van der Waals surface area (Å²) < 4.78 is 0. The molecular formula is C13H19ClN2O. The predicted octanol–water partition coefficient (Wildman–Crippen LogP) is 2.61. The zero-order valence-electron chi connectivity index (χ0n) is 10.1. The number of halogens is 1. The molecule has 2 atom stereocenters. The van der Waals surface area contributed by atoms with E-state index in [0.29, 0.717) is 0 Å². The Morgan fingerprint density at radius 1 is 1.24 bits per heavy atom. The third kappa shape index (κ3) is 2.80. The van der Waals surface area contributed by atoms with Crippen LogP contribution in [-0.2, 0) is 0 Å². The maximum absolute atomic E-state index is 9.94. The molecule has 0 amide bonds. The molecule has 0 spiro atoms. The van der Waals surface area contributed by atoms with Crippen LogP contribution in [0.25, 0.3) is 10.9 Å². The number of aromatic amines is 1. The van der Waals surface area contributed by atoms with Crippen LogP contribution in [0, 0.1) is 5.92 Å². The van der Waals surface area contributed by atoms with Crippen molar-refractivity contribution in [2.45, 2.75) is 26.0 Å². The molecule has 1 aromatic heterocycles. The lowest BCUT2D eigenvalue weighted by Crippen LogP contribution is -2.30. The Labute approximate surface area is 107 Å². The fourth-order valence-electron chi connectivity index (χ4n) is 1.89. The van der Waals surface area contributed by atoms with Crippen molar-refractivity contribution in [3.63, 3.8) is 0 Å². The van der Waals surface area contributed by atoms with E-state index in [2.05, 4.69) is 4.98 Å². The molecule has 0 aliphatic heterocycles. The number of aliphatic hydroxyl groups is 1. The Hall–Kier alpha value is -1.03. The van der Waals surface area contributed by atoms with Crippen LogP contribution >= 0.6 is 12.4 Å². The van der Waals surface area contributed by atoms with E-state index in [1.54, 1.807) is 0 Å². The number of benzene rings is 1. The number of hydrogen-bond donors (Lipinski definition) is 3. The lowest BCUT2D eigenvalue weighted by atomic mass is 9.94. The fourth-order valence-corrected chi connectivity index (χ4v) is 1.89. The second-order valence-corrected chi connectivity index (χ2v) is 4.58. The summed E-state index contributed by atoms with van der Waals surface area (Å²) in [5.41, 5.74) is 8.11. The van der Waals surface area contributed by atoms with E-state index < -0.39 is 6.10 Å². The maximum atomic E-state index is 9.94. The highest BCUT2D eigenvalue weighted by molar-refractivity contribution is 5.85. The summed E-state index contributed by atoms with van der Waals surface area (Å²) >= 11 is 0. The van der Waals surface area contributed by atoms with Gasteiger partial charge in [0.1, 0.15) is 0 Å². The molecule has 0 saturated carbocycles. The van der Waals surface area contributed by atoms with Gasteiger partial charge in [0, 0.05) is 11.7 Å². The van der Waals surface area contributed by atoms with E-state index in [1.807, 2.05) is 44.3 Å². The number of H-pyrrole nitrogens is 1. The van der Waals surface area contributed by atoms with Crippen LogP contribution in [-0.4, -0.2) is 16.2 Å². The summed E-state index contributed by atoms with van der Waals surface area (Å²) in [5, 5.41) is 11.1. The van der Waals surface area contributed by atoms with Crippen LogP contribution < -0.4 is 5.73 Å². The molecule has 0 aliphatic rings. The van der Waals surface area contributed by atoms with Gasteiger partial charge < -0.3 is 15.8 Å². The van der Waals surface area contributed by atoms with E-state index in [4.69, 9.17) is 5.73 Å². The van der Waals surface area contributed by atoms with Gasteiger partial charge in [0.15, 0.2) is 0 Å². The van der Waals surface area contributed by atoms with Crippen LogP contribution in [0.2, 0.25) is 0 Å². The van der Waals surface area contributed by atoms with Crippen LogP contribution in [0.5, 0.6) is 0 Å². The number of rotatable bonds is 3. The Balaban J connectivity index is 0.00000144. The van der Waals surface area contributed by atoms with Gasteiger partial charge in [-0.05, 0) is 35.1 Å². The molecule has 4 N–H and O–H groups in total. The third-order valence-corrected chi connectivity index (χ3v) is 3.01. The van der Waals surface area contributed by atoms with E-state index in [-0.39, 0.29) is 24.4 Å². The van der Waals surface area contributed by atoms with Gasteiger partial charge in [-0.3, -0.25) is 0 Å². The lowest BCUT2D eigenvalue weighted by molar-refractivity contribution is 0.0980. The van der Waals surface area contributed by atoms with Crippen molar-refractivity contribution in [1.82, 2.24) is 4.98 Å². The van der Waals surface area contributed by atoms with Gasteiger partial charge in [0.05, 0.1) is 12.1 Å². The quantitative estimate of drug-likeness (QED) is 0.789. The molecule has 94 valence electrons. The number of aromatic nitrogens is 1. The monoisotopic (exact) mass is 254 g/mol. The van der Waals surface area contributed by atoms with E-state index in [9.17, 15) is 5.11 Å². The number of nitrogens with two attached hydrogens (primary N) is 1. The Bertz CT molecular complexity index is 481. The van der Waals surface area contributed by atoms with Crippen LogP contribution in [0.4, 0.5) is 0 Å². The molecule has 4 heteroatoms. The first-order chi connectivity index (χ1) is 7.59. The first-order valence-corrected chi connectivity index (χ1v) is 5.60. The summed E-state index contributed by atoms with van der Waals surface area (Å²) in [6.45, 7) is 3.94. The molecule has 1 aromatic carbocycles. The van der Waals surface area contributed by atoms with Crippen molar-refractivity contribution < 1.29 is 5.11 Å². The summed E-state index contributed by atoms with van der Waals surface area (Å²) in [5.74, 6) is 0.164. The second-order valence-electron chi connectivity index (χ2n) is 4.58. The van der Waals surface area contributed by atoms with E-state index in [1.165, 1.54) is 0 Å². The van der Waals surface area contributed by atoms with Gasteiger partial charge in [-0.2, -0.15) is 0 Å². The number of nitrogens with one attached hydrogen (secondary N) is 1. The Morgan fingerprint density at radius 3 is 2.59 bits per heavy atom. The van der Waals surface area contributed by atoms with Crippen molar-refractivity contribution in [3.05, 3.63) is 36.0 Å². The van der Waals surface area contributed by atoms with Crippen molar-refractivity contribution in [2.24, 2.45) is 11.7 Å². The second kappa shape index (κ2) is 5.54. The molecule has 17 heavy (non-hydrogen) atoms. The molecule has 0 bridgehead atoms. The number of hydrogen-bond acceptors (Lipinski definition) is 2. The largest absolute Gasteiger partial charge is 0.391 e. The summed E-state index contributed by atoms with van der Waals surface area (Å²) in [4.78, 5) is 3.13. The lowest BCUT2D eigenvalue weighted by Gasteiger charge is -2.22. The predicted molar refractivity (Wildman–Crippen MR) is 73.3 cm³/mol. The minimum absolute atomic E-state index is 0. The normalized spacial score (nSPS) is 14.6. The first-order valence-electron chi connectivity index (χ1n) is 5.60. The highest BCUT2D eigenvalue weighted by Gasteiger charge is 2.20. The van der Waals surface area contributed by atoms with Crippen LogP contribution in [0.3, 0.4) is 0 Å². The summed E-state index contributed by atoms with van der Waals surface area (Å²) in [7, 11) is 0. The first kappa shape index (κ1) is 14.0. The molecule has 0 unspecified atom stereocenters. The highest BCUT2D eigenvalue weighted by atomic mass is 35.5. The number of aliphatic hydroxyl groups excluding tert-OH is 1. The molecule has 0 radical (unpaired) electrons. The Kier molecular flexibility index (Phi) is 4.57. The minimum Gasteiger partial charge on any atom is -0.391 e. The number of fused-ring (bicyclic) bond motifs is 1. The molecule has 0 fully saturated rings. The minimum atomic E-state index is -0.503. The average Bonchev–Trinajstić information content (AvgIpc) is 2.73. The van der Waals surface area contributed by atoms with Crippen molar-refractivity contribution in [1.29, 1.82) is 0 Å². The summed E-state index contributed by atoms with van der Waals surface area (Å²) in [6, 6.07) is 7.68. The average molecular weight is 255 g/mol. The van der Waals surface area contributed by atoms with Gasteiger partial charge in [0.25, 0.3) is 0 Å². The fraction of sp³-hybridized carbons (Fsp3) is 0.385. The Morgan fingerprint density at radius 2 is 1.94 bits per heavy atom. The highest BCUT2D eigenvalue weighted by Crippen LogP contribution is 2.23. The van der Waals surface area contributed by atoms with Crippen molar-refractivity contribution in [2.75, 3.05) is 0 Å². The van der Waals surface area contributed by atoms with Crippen LogP contribution in [0.1, 0.15) is 25.5 Å². The SMILES string of the molecule is CC(C)[C@@H](O)[C@@H](N)c1ccc2[nH]ccc2c1.Cl. The molecule has 3 nitrogen and oxygen atoms in total. The summed E-state index contributed by atoms with van der Waals surface area (Å²) in [6.07, 6.45) is 1.40. The third-order valence-electron chi connectivity index (χ3n) is 3.01. The van der Waals surface area contributed by atoms with Gasteiger partial charge in [0.2, 0.25) is 0 Å². The molecule has 1 heterocycles. The zero-order valence-corrected chi connectivity index (χ0v) is 10.9. The standard InChI is InChI=1S/C13H18N2O.ClH/c1-8(2)13(16)12(14)10-3-4-11-9(7-10)5-6-15-11;/h3-8,12-13,15-16H,14H2,1-2H3;1H/t12-,13+;/m0./s1. The van der Waals surface area contributed by atoms with Gasteiger partial charge in [-0.1, -0.05) is 19.9 Å². The molecule has 0 aliphatic carbocycles. The smallest absolute Gasteiger partial charge is 0.0755 e. The molecule has 2 rings (SSSR count). The van der Waals surface area contributed by atoms with Crippen molar-refractivity contribution in [3.8, 4) is 0 Å². The molecule has 0 saturated heterocycles. The van der Waals surface area contributed by atoms with E-state index in [0.717, 1.165) is 16.5 Å². The molecule has 2 aromatic rings. The van der Waals surface area contributed by atoms with Gasteiger partial charge in [-0.15, -0.1) is 12.4 Å². The zero-order chi connectivity index (χ0) is 11.7. The molecular weight excluding hydrogens is 236 g/mol.